The van der Waals surface area contributed by atoms with E-state index in [1.54, 1.807) is 36.4 Å². The first-order valence-corrected chi connectivity index (χ1v) is 9.88. The molecule has 3 rings (SSSR count). The first-order valence-electron chi connectivity index (χ1n) is 9.50. The summed E-state index contributed by atoms with van der Waals surface area (Å²) in [6, 6.07) is 13.7. The Bertz CT molecular complexity index is 923. The van der Waals surface area contributed by atoms with Crippen molar-refractivity contribution in [2.75, 3.05) is 11.9 Å². The topological polar surface area (TPSA) is 72.5 Å². The molecule has 6 heteroatoms. The molecule has 0 spiro atoms. The highest BCUT2D eigenvalue weighted by Crippen LogP contribution is 2.49. The number of Topliss-reactive ketones (excluding diaryl/α,β-unsaturated/α-hetero) is 1. The van der Waals surface area contributed by atoms with Gasteiger partial charge in [0.15, 0.2) is 12.4 Å². The quantitative estimate of drug-likeness (QED) is 0.546. The summed E-state index contributed by atoms with van der Waals surface area (Å²) < 4.78 is 5.32. The number of hydrogen-bond donors (Lipinski definition) is 1. The van der Waals surface area contributed by atoms with Crippen LogP contribution in [0.3, 0.4) is 0 Å². The third-order valence-electron chi connectivity index (χ3n) is 5.02. The Hall–Kier alpha value is -2.66. The predicted molar refractivity (Wildman–Crippen MR) is 112 cm³/mol. The van der Waals surface area contributed by atoms with Crippen LogP contribution in [0.15, 0.2) is 48.5 Å². The van der Waals surface area contributed by atoms with Gasteiger partial charge in [-0.1, -0.05) is 44.5 Å². The van der Waals surface area contributed by atoms with E-state index in [1.165, 1.54) is 0 Å². The molecule has 1 N–H and O–H groups in total. The fraction of sp³-hybridized carbons (Fsp3) is 0.348. The maximum absolute atomic E-state index is 12.6. The van der Waals surface area contributed by atoms with Crippen molar-refractivity contribution in [2.45, 2.75) is 39.0 Å². The molecule has 0 saturated heterocycles. The predicted octanol–water partition coefficient (Wildman–Crippen LogP) is 4.78. The summed E-state index contributed by atoms with van der Waals surface area (Å²) in [6.45, 7) is 5.16. The fourth-order valence-electron chi connectivity index (χ4n) is 2.92. The highest BCUT2D eigenvalue weighted by Gasteiger charge is 2.52. The first kappa shape index (κ1) is 21.1. The fourth-order valence-corrected chi connectivity index (χ4v) is 3.04. The maximum Gasteiger partial charge on any atom is 0.317 e. The summed E-state index contributed by atoms with van der Waals surface area (Å²) >= 11 is 5.91. The number of rotatable bonds is 6. The van der Waals surface area contributed by atoms with Gasteiger partial charge in [-0.25, -0.2) is 0 Å². The smallest absolute Gasteiger partial charge is 0.317 e. The molecule has 29 heavy (non-hydrogen) atoms. The summed E-state index contributed by atoms with van der Waals surface area (Å²) in [4.78, 5) is 37.0. The second-order valence-electron chi connectivity index (χ2n) is 8.37. The zero-order valence-corrected chi connectivity index (χ0v) is 17.5. The van der Waals surface area contributed by atoms with Gasteiger partial charge in [-0.05, 0) is 54.8 Å². The van der Waals surface area contributed by atoms with Crippen LogP contribution < -0.4 is 5.32 Å². The number of carbonyl (C=O) groups is 3. The minimum atomic E-state index is -0.661. The normalized spacial score (nSPS) is 14.8. The number of halogens is 1. The average Bonchev–Trinajstić information content (AvgIpc) is 3.48. The lowest BCUT2D eigenvalue weighted by molar-refractivity contribution is -0.145. The molecule has 5 nitrogen and oxygen atoms in total. The van der Waals surface area contributed by atoms with E-state index >= 15 is 0 Å². The highest BCUT2D eigenvalue weighted by molar-refractivity contribution is 6.30. The van der Waals surface area contributed by atoms with Gasteiger partial charge in [0.1, 0.15) is 0 Å². The van der Waals surface area contributed by atoms with Gasteiger partial charge in [0, 0.05) is 21.7 Å². The Balaban J connectivity index is 1.57. The molecule has 1 saturated carbocycles. The molecule has 2 aromatic carbocycles. The van der Waals surface area contributed by atoms with Crippen LogP contribution in [0.4, 0.5) is 5.69 Å². The zero-order valence-electron chi connectivity index (χ0n) is 16.8. The van der Waals surface area contributed by atoms with Crippen molar-refractivity contribution in [3.05, 3.63) is 64.7 Å². The number of ether oxygens (including phenoxy) is 1. The molecule has 0 heterocycles. The van der Waals surface area contributed by atoms with E-state index in [0.717, 1.165) is 5.56 Å². The molecule has 0 aliphatic heterocycles. The molecular formula is C23H24ClNO4. The van der Waals surface area contributed by atoms with Crippen LogP contribution in [0, 0.1) is 5.41 Å². The lowest BCUT2D eigenvalue weighted by Gasteiger charge is -2.17. The number of amides is 1. The Morgan fingerprint density at radius 1 is 1.00 bits per heavy atom. The van der Waals surface area contributed by atoms with Crippen LogP contribution in [0.2, 0.25) is 5.02 Å². The Morgan fingerprint density at radius 3 is 2.10 bits per heavy atom. The van der Waals surface area contributed by atoms with Crippen molar-refractivity contribution in [3.63, 3.8) is 0 Å². The lowest BCUT2D eigenvalue weighted by atomic mass is 9.95. The monoisotopic (exact) mass is 413 g/mol. The molecule has 1 amide bonds. The van der Waals surface area contributed by atoms with E-state index in [-0.39, 0.29) is 24.3 Å². The molecule has 2 aromatic rings. The van der Waals surface area contributed by atoms with Crippen LogP contribution >= 0.6 is 11.6 Å². The van der Waals surface area contributed by atoms with Gasteiger partial charge < -0.3 is 10.1 Å². The number of esters is 1. The van der Waals surface area contributed by atoms with Crippen molar-refractivity contribution in [1.82, 2.24) is 0 Å². The molecular weight excluding hydrogens is 390 g/mol. The van der Waals surface area contributed by atoms with Gasteiger partial charge in [0.25, 0.3) is 0 Å². The van der Waals surface area contributed by atoms with Crippen LogP contribution in [0.25, 0.3) is 0 Å². The molecule has 0 radical (unpaired) electrons. The van der Waals surface area contributed by atoms with Crippen molar-refractivity contribution in [3.8, 4) is 0 Å². The average molecular weight is 414 g/mol. The molecule has 0 unspecified atom stereocenters. The van der Waals surface area contributed by atoms with E-state index in [0.29, 0.717) is 29.1 Å². The Labute approximate surface area is 175 Å². The molecule has 152 valence electrons. The van der Waals surface area contributed by atoms with Crippen LogP contribution in [-0.2, 0) is 19.7 Å². The number of benzene rings is 2. The number of carbonyl (C=O) groups excluding carboxylic acids is 3. The minimum Gasteiger partial charge on any atom is -0.457 e. The van der Waals surface area contributed by atoms with Crippen molar-refractivity contribution in [1.29, 1.82) is 0 Å². The van der Waals surface area contributed by atoms with Gasteiger partial charge in [-0.3, -0.25) is 14.4 Å². The third-order valence-corrected chi connectivity index (χ3v) is 5.27. The van der Waals surface area contributed by atoms with Crippen LogP contribution in [0.1, 0.15) is 49.5 Å². The lowest BCUT2D eigenvalue weighted by Crippen LogP contribution is -2.27. The van der Waals surface area contributed by atoms with E-state index in [9.17, 15) is 14.4 Å². The van der Waals surface area contributed by atoms with Gasteiger partial charge in [-0.2, -0.15) is 0 Å². The Morgan fingerprint density at radius 2 is 1.59 bits per heavy atom. The zero-order chi connectivity index (χ0) is 21.2. The Kier molecular flexibility index (Phi) is 5.80. The highest BCUT2D eigenvalue weighted by atomic mass is 35.5. The van der Waals surface area contributed by atoms with Crippen molar-refractivity contribution < 1.29 is 19.1 Å². The third kappa shape index (κ3) is 4.85. The molecule has 0 aromatic heterocycles. The summed E-state index contributed by atoms with van der Waals surface area (Å²) in [7, 11) is 0. The molecule has 1 fully saturated rings. The summed E-state index contributed by atoms with van der Waals surface area (Å²) in [5.74, 6) is -0.788. The summed E-state index contributed by atoms with van der Waals surface area (Å²) in [5, 5.41) is 3.41. The SMILES string of the molecule is CC(C)(C)C(=O)Nc1ccc(C(=O)COC(=O)C2(c3ccc(Cl)cc3)CC2)cc1. The number of anilines is 1. The first-order chi connectivity index (χ1) is 13.6. The number of nitrogens with one attached hydrogen (secondary N) is 1. The molecule has 0 atom stereocenters. The molecule has 1 aliphatic rings. The van der Waals surface area contributed by atoms with E-state index in [2.05, 4.69) is 5.32 Å². The van der Waals surface area contributed by atoms with Gasteiger partial charge >= 0.3 is 5.97 Å². The second kappa shape index (κ2) is 7.99. The largest absolute Gasteiger partial charge is 0.457 e. The van der Waals surface area contributed by atoms with Crippen molar-refractivity contribution >= 4 is 34.9 Å². The van der Waals surface area contributed by atoms with Gasteiger partial charge in [-0.15, -0.1) is 0 Å². The number of hydrogen-bond acceptors (Lipinski definition) is 4. The van der Waals surface area contributed by atoms with E-state index < -0.39 is 10.8 Å². The maximum atomic E-state index is 12.6. The minimum absolute atomic E-state index is 0.109. The van der Waals surface area contributed by atoms with E-state index in [4.69, 9.17) is 16.3 Å². The number of ketones is 1. The van der Waals surface area contributed by atoms with Gasteiger partial charge in [0.05, 0.1) is 5.41 Å². The summed E-state index contributed by atoms with van der Waals surface area (Å²) in [5.41, 5.74) is 0.719. The molecule has 0 bridgehead atoms. The van der Waals surface area contributed by atoms with Crippen molar-refractivity contribution in [2.24, 2.45) is 5.41 Å². The van der Waals surface area contributed by atoms with Crippen LogP contribution in [-0.4, -0.2) is 24.3 Å². The molecule has 1 aliphatic carbocycles. The van der Waals surface area contributed by atoms with E-state index in [1.807, 2.05) is 32.9 Å². The summed E-state index contributed by atoms with van der Waals surface area (Å²) in [6.07, 6.45) is 1.40. The van der Waals surface area contributed by atoms with Crippen LogP contribution in [0.5, 0.6) is 0 Å². The standard InChI is InChI=1S/C23H24ClNO4/c1-22(2,3)20(27)25-18-10-4-15(5-11-18)19(26)14-29-21(28)23(12-13-23)16-6-8-17(24)9-7-16/h4-11H,12-14H2,1-3H3,(H,25,27). The van der Waals surface area contributed by atoms with Gasteiger partial charge in [0.2, 0.25) is 5.91 Å². The second-order valence-corrected chi connectivity index (χ2v) is 8.81.